The summed E-state index contributed by atoms with van der Waals surface area (Å²) in [6, 6.07) is 4.29. The van der Waals surface area contributed by atoms with Crippen LogP contribution < -0.4 is 11.3 Å². The molecule has 1 saturated carbocycles. The fourth-order valence-corrected chi connectivity index (χ4v) is 1.94. The summed E-state index contributed by atoms with van der Waals surface area (Å²) < 4.78 is 26.4. The summed E-state index contributed by atoms with van der Waals surface area (Å²) in [4.78, 5) is 0. The summed E-state index contributed by atoms with van der Waals surface area (Å²) in [5, 5.41) is 0. The predicted octanol–water partition coefficient (Wildman–Crippen LogP) is 2.14. The molecule has 2 rings (SSSR count). The van der Waals surface area contributed by atoms with Gasteiger partial charge in [0.05, 0.1) is 0 Å². The summed E-state index contributed by atoms with van der Waals surface area (Å²) in [6.45, 7) is 0. The van der Waals surface area contributed by atoms with Gasteiger partial charge in [0.2, 0.25) is 0 Å². The zero-order valence-electron chi connectivity index (χ0n) is 9.05. The molecule has 1 aromatic carbocycles. The summed E-state index contributed by atoms with van der Waals surface area (Å²) in [5.41, 5.74) is 3.07. The maximum Gasteiger partial charge on any atom is 0.162 e. The van der Waals surface area contributed by atoms with Gasteiger partial charge in [-0.3, -0.25) is 11.3 Å². The van der Waals surface area contributed by atoms with Crippen LogP contribution in [0.15, 0.2) is 18.2 Å². The van der Waals surface area contributed by atoms with E-state index in [9.17, 15) is 8.78 Å². The molecule has 0 radical (unpaired) electrons. The highest BCUT2D eigenvalue weighted by Gasteiger charge is 2.25. The van der Waals surface area contributed by atoms with Crippen LogP contribution in [0.1, 0.15) is 24.8 Å². The monoisotopic (exact) mass is 226 g/mol. The Bertz CT molecular complexity index is 364. The molecule has 16 heavy (non-hydrogen) atoms. The number of nitrogens with two attached hydrogens (primary N) is 1. The molecule has 88 valence electrons. The minimum absolute atomic E-state index is 0.0313. The Morgan fingerprint density at radius 2 is 2.12 bits per heavy atom. The molecule has 0 heterocycles. The molecule has 0 aliphatic heterocycles. The lowest BCUT2D eigenvalue weighted by atomic mass is 10.0. The number of rotatable bonds is 5. The lowest BCUT2D eigenvalue weighted by molar-refractivity contribution is 0.445. The first kappa shape index (κ1) is 11.5. The maximum atomic E-state index is 13.4. The van der Waals surface area contributed by atoms with Gasteiger partial charge < -0.3 is 0 Å². The van der Waals surface area contributed by atoms with E-state index in [1.165, 1.54) is 18.9 Å². The van der Waals surface area contributed by atoms with Crippen LogP contribution in [0.3, 0.4) is 0 Å². The topological polar surface area (TPSA) is 38.0 Å². The summed E-state index contributed by atoms with van der Waals surface area (Å²) in [6.07, 6.45) is 3.83. The van der Waals surface area contributed by atoms with E-state index in [1.54, 1.807) is 6.07 Å². The molecule has 1 aromatic rings. The van der Waals surface area contributed by atoms with Crippen molar-refractivity contribution < 1.29 is 8.78 Å². The van der Waals surface area contributed by atoms with Crippen LogP contribution >= 0.6 is 0 Å². The Kier molecular flexibility index (Phi) is 3.51. The van der Waals surface area contributed by atoms with Crippen molar-refractivity contribution in [3.05, 3.63) is 35.4 Å². The van der Waals surface area contributed by atoms with Crippen molar-refractivity contribution in [3.63, 3.8) is 0 Å². The Hall–Kier alpha value is -1.00. The van der Waals surface area contributed by atoms with Crippen LogP contribution in [0.25, 0.3) is 0 Å². The van der Waals surface area contributed by atoms with E-state index in [2.05, 4.69) is 5.43 Å². The molecular weight excluding hydrogens is 210 g/mol. The molecular formula is C12H16F2N2. The summed E-state index contributed by atoms with van der Waals surface area (Å²) in [7, 11) is 0. The van der Waals surface area contributed by atoms with E-state index >= 15 is 0 Å². The lowest BCUT2D eigenvalue weighted by Gasteiger charge is -2.15. The van der Waals surface area contributed by atoms with Crippen LogP contribution in [0.5, 0.6) is 0 Å². The van der Waals surface area contributed by atoms with Crippen LogP contribution in [-0.4, -0.2) is 6.04 Å². The zero-order chi connectivity index (χ0) is 11.5. The molecule has 0 aromatic heterocycles. The third-order valence-electron chi connectivity index (χ3n) is 3.05. The molecule has 1 unspecified atom stereocenters. The van der Waals surface area contributed by atoms with E-state index < -0.39 is 11.6 Å². The van der Waals surface area contributed by atoms with Gasteiger partial charge in [-0.2, -0.15) is 0 Å². The van der Waals surface area contributed by atoms with Crippen LogP contribution in [0.4, 0.5) is 8.78 Å². The molecule has 1 atom stereocenters. The molecule has 0 saturated heterocycles. The number of hydrogen-bond donors (Lipinski definition) is 2. The highest BCUT2D eigenvalue weighted by Crippen LogP contribution is 2.34. The first-order chi connectivity index (χ1) is 7.70. The van der Waals surface area contributed by atoms with Gasteiger partial charge in [0.1, 0.15) is 0 Å². The van der Waals surface area contributed by atoms with Crippen molar-refractivity contribution in [2.75, 3.05) is 0 Å². The highest BCUT2D eigenvalue weighted by molar-refractivity contribution is 5.20. The fraction of sp³-hybridized carbons (Fsp3) is 0.500. The second-order valence-electron chi connectivity index (χ2n) is 4.46. The zero-order valence-corrected chi connectivity index (χ0v) is 9.05. The summed E-state index contributed by atoms with van der Waals surface area (Å²) >= 11 is 0. The molecule has 0 spiro atoms. The third kappa shape index (κ3) is 2.77. The molecule has 1 fully saturated rings. The van der Waals surface area contributed by atoms with Crippen molar-refractivity contribution in [2.24, 2.45) is 11.8 Å². The van der Waals surface area contributed by atoms with Gasteiger partial charge in [-0.05, 0) is 30.4 Å². The van der Waals surface area contributed by atoms with Crippen molar-refractivity contribution in [1.29, 1.82) is 0 Å². The molecule has 2 nitrogen and oxygen atoms in total. The van der Waals surface area contributed by atoms with E-state index in [0.29, 0.717) is 17.9 Å². The first-order valence-electron chi connectivity index (χ1n) is 5.59. The fourth-order valence-electron chi connectivity index (χ4n) is 1.94. The number of hydrogen-bond acceptors (Lipinski definition) is 2. The standard InChI is InChI=1S/C12H16F2N2/c13-11-3-1-2-9(12(11)14)7-10(16-15)6-8-4-5-8/h1-3,8,10,16H,4-7,15H2. The molecule has 0 amide bonds. The minimum Gasteiger partial charge on any atom is -0.271 e. The maximum absolute atomic E-state index is 13.4. The summed E-state index contributed by atoms with van der Waals surface area (Å²) in [5.74, 6) is 4.58. The van der Waals surface area contributed by atoms with Crippen LogP contribution in [-0.2, 0) is 6.42 Å². The van der Waals surface area contributed by atoms with Crippen LogP contribution in [0, 0.1) is 17.6 Å². The van der Waals surface area contributed by atoms with Crippen molar-refractivity contribution in [2.45, 2.75) is 31.7 Å². The minimum atomic E-state index is -0.792. The average molecular weight is 226 g/mol. The van der Waals surface area contributed by atoms with Crippen LogP contribution in [0.2, 0.25) is 0 Å². The Labute approximate surface area is 93.8 Å². The van der Waals surface area contributed by atoms with E-state index in [-0.39, 0.29) is 6.04 Å². The third-order valence-corrected chi connectivity index (χ3v) is 3.05. The SMILES string of the molecule is NNC(Cc1cccc(F)c1F)CC1CC1. The molecule has 0 bridgehead atoms. The van der Waals surface area contributed by atoms with Gasteiger partial charge >= 0.3 is 0 Å². The molecule has 3 N–H and O–H groups in total. The van der Waals surface area contributed by atoms with E-state index in [4.69, 9.17) is 5.84 Å². The quantitative estimate of drug-likeness (QED) is 0.596. The van der Waals surface area contributed by atoms with Gasteiger partial charge in [0.15, 0.2) is 11.6 Å². The van der Waals surface area contributed by atoms with E-state index in [0.717, 1.165) is 12.5 Å². The van der Waals surface area contributed by atoms with Gasteiger partial charge in [-0.15, -0.1) is 0 Å². The number of hydrazine groups is 1. The van der Waals surface area contributed by atoms with Crippen molar-refractivity contribution in [3.8, 4) is 0 Å². The largest absolute Gasteiger partial charge is 0.271 e. The van der Waals surface area contributed by atoms with Gasteiger partial charge in [0.25, 0.3) is 0 Å². The van der Waals surface area contributed by atoms with Gasteiger partial charge in [0, 0.05) is 6.04 Å². The number of nitrogens with one attached hydrogen (secondary N) is 1. The van der Waals surface area contributed by atoms with Crippen molar-refractivity contribution in [1.82, 2.24) is 5.43 Å². The van der Waals surface area contributed by atoms with Crippen molar-refractivity contribution >= 4 is 0 Å². The Morgan fingerprint density at radius 1 is 1.38 bits per heavy atom. The Morgan fingerprint density at radius 3 is 2.75 bits per heavy atom. The Balaban J connectivity index is 2.02. The number of benzene rings is 1. The van der Waals surface area contributed by atoms with Gasteiger partial charge in [-0.25, -0.2) is 8.78 Å². The first-order valence-corrected chi connectivity index (χ1v) is 5.59. The molecule has 1 aliphatic carbocycles. The average Bonchev–Trinajstić information content (AvgIpc) is 3.07. The normalized spacial score (nSPS) is 17.4. The second kappa shape index (κ2) is 4.89. The smallest absolute Gasteiger partial charge is 0.162 e. The number of halogens is 2. The molecule has 4 heteroatoms. The molecule has 1 aliphatic rings. The second-order valence-corrected chi connectivity index (χ2v) is 4.46. The van der Waals surface area contributed by atoms with E-state index in [1.807, 2.05) is 0 Å². The van der Waals surface area contributed by atoms with Gasteiger partial charge in [-0.1, -0.05) is 25.0 Å². The lowest BCUT2D eigenvalue weighted by Crippen LogP contribution is -2.37. The predicted molar refractivity (Wildman–Crippen MR) is 58.5 cm³/mol. The highest BCUT2D eigenvalue weighted by atomic mass is 19.2.